The molecule has 24 heavy (non-hydrogen) atoms. The monoisotopic (exact) mass is 344 g/mol. The highest BCUT2D eigenvalue weighted by molar-refractivity contribution is 6.65. The van der Waals surface area contributed by atoms with Crippen molar-refractivity contribution in [2.75, 3.05) is 6.61 Å². The summed E-state index contributed by atoms with van der Waals surface area (Å²) in [6.45, 7) is 4.26. The van der Waals surface area contributed by atoms with Gasteiger partial charge in [-0.25, -0.2) is 0 Å². The van der Waals surface area contributed by atoms with E-state index < -0.39 is 7.12 Å². The Balaban J connectivity index is 1.96. The number of rotatable bonds is 4. The lowest BCUT2D eigenvalue weighted by Crippen LogP contribution is -2.29. The Labute approximate surface area is 144 Å². The van der Waals surface area contributed by atoms with Crippen molar-refractivity contribution in [1.82, 2.24) is 4.98 Å². The number of ether oxygens (including phenoxy) is 2. The zero-order valence-electron chi connectivity index (χ0n) is 13.2. The Kier molecular flexibility index (Phi) is 4.63. The maximum atomic E-state index is 9.73. The molecule has 1 N–H and O–H groups in total. The maximum Gasteiger partial charge on any atom is 0.493 e. The molecule has 0 fully saturated rings. The maximum absolute atomic E-state index is 9.73. The molecule has 0 atom stereocenters. The van der Waals surface area contributed by atoms with Crippen LogP contribution in [0.3, 0.4) is 0 Å². The summed E-state index contributed by atoms with van der Waals surface area (Å²) in [5, 5.41) is 19.2. The summed E-state index contributed by atoms with van der Waals surface area (Å²) in [6, 6.07) is 7.06. The topological polar surface area (TPSA) is 84.6 Å². The van der Waals surface area contributed by atoms with Crippen LogP contribution in [-0.4, -0.2) is 23.7 Å². The number of nitriles is 1. The van der Waals surface area contributed by atoms with Crippen LogP contribution in [0.25, 0.3) is 0 Å². The van der Waals surface area contributed by atoms with Gasteiger partial charge in [0, 0.05) is 16.0 Å². The number of hydrogen-bond donors (Lipinski definition) is 1. The van der Waals surface area contributed by atoms with Crippen LogP contribution in [0, 0.1) is 18.3 Å². The van der Waals surface area contributed by atoms with Gasteiger partial charge < -0.3 is 19.2 Å². The first-order valence-corrected chi connectivity index (χ1v) is 7.75. The summed E-state index contributed by atoms with van der Waals surface area (Å²) < 4.78 is 16.4. The van der Waals surface area contributed by atoms with Crippen molar-refractivity contribution in [1.29, 1.82) is 5.26 Å². The molecular formula is C16H14BClN2O4. The van der Waals surface area contributed by atoms with Crippen LogP contribution >= 0.6 is 11.6 Å². The third-order valence-corrected chi connectivity index (χ3v) is 3.89. The molecule has 1 aromatic heterocycles. The molecule has 8 heteroatoms. The number of fused-ring (bicyclic) bond motifs is 1. The second kappa shape index (κ2) is 6.69. The molecular weight excluding hydrogens is 330 g/mol. The van der Waals surface area contributed by atoms with Gasteiger partial charge in [0.25, 0.3) is 0 Å². The average molecular weight is 345 g/mol. The fourth-order valence-corrected chi connectivity index (χ4v) is 2.80. The number of halogens is 1. The van der Waals surface area contributed by atoms with Gasteiger partial charge in [0.1, 0.15) is 17.4 Å². The molecule has 0 amide bonds. The highest BCUT2D eigenvalue weighted by atomic mass is 35.5. The van der Waals surface area contributed by atoms with E-state index in [4.69, 9.17) is 31.0 Å². The molecule has 6 nitrogen and oxygen atoms in total. The number of pyridine rings is 1. The van der Waals surface area contributed by atoms with Crippen LogP contribution in [-0.2, 0) is 11.3 Å². The molecule has 0 bridgehead atoms. The lowest BCUT2D eigenvalue weighted by atomic mass is 9.79. The molecule has 2 aromatic rings. The van der Waals surface area contributed by atoms with Gasteiger partial charge in [0.05, 0.1) is 13.2 Å². The van der Waals surface area contributed by atoms with Gasteiger partial charge in [0.2, 0.25) is 11.8 Å². The third kappa shape index (κ3) is 3.04. The fourth-order valence-electron chi connectivity index (χ4n) is 2.48. The van der Waals surface area contributed by atoms with Gasteiger partial charge in [-0.05, 0) is 37.6 Å². The van der Waals surface area contributed by atoms with E-state index in [1.54, 1.807) is 25.1 Å². The van der Waals surface area contributed by atoms with E-state index >= 15 is 0 Å². The van der Waals surface area contributed by atoms with Crippen LogP contribution in [0.2, 0.25) is 5.02 Å². The molecule has 1 aliphatic heterocycles. The van der Waals surface area contributed by atoms with E-state index in [-0.39, 0.29) is 12.5 Å². The van der Waals surface area contributed by atoms with Gasteiger partial charge in [-0.1, -0.05) is 11.6 Å². The summed E-state index contributed by atoms with van der Waals surface area (Å²) in [4.78, 5) is 4.28. The zero-order valence-corrected chi connectivity index (χ0v) is 13.9. The quantitative estimate of drug-likeness (QED) is 0.857. The summed E-state index contributed by atoms with van der Waals surface area (Å²) in [5.74, 6) is 1.03. The van der Waals surface area contributed by atoms with E-state index in [2.05, 4.69) is 11.1 Å². The van der Waals surface area contributed by atoms with Crippen molar-refractivity contribution in [3.8, 4) is 23.6 Å². The van der Waals surface area contributed by atoms with Crippen LogP contribution in [0.4, 0.5) is 0 Å². The van der Waals surface area contributed by atoms with E-state index in [1.165, 1.54) is 0 Å². The predicted octanol–water partition coefficient (Wildman–Crippen LogP) is 2.32. The van der Waals surface area contributed by atoms with E-state index in [0.29, 0.717) is 39.8 Å². The molecule has 0 spiro atoms. The number of hydrogen-bond acceptors (Lipinski definition) is 6. The molecule has 3 rings (SSSR count). The minimum atomic E-state index is -1.01. The van der Waals surface area contributed by atoms with Crippen LogP contribution in [0.15, 0.2) is 18.2 Å². The summed E-state index contributed by atoms with van der Waals surface area (Å²) in [6.07, 6.45) is 0. The molecule has 0 radical (unpaired) electrons. The first-order valence-electron chi connectivity index (χ1n) is 7.37. The highest BCUT2D eigenvalue weighted by Gasteiger charge is 2.30. The first kappa shape index (κ1) is 16.6. The minimum Gasteiger partial charge on any atom is -0.477 e. The van der Waals surface area contributed by atoms with Gasteiger partial charge in [-0.2, -0.15) is 10.2 Å². The second-order valence-corrected chi connectivity index (χ2v) is 5.66. The van der Waals surface area contributed by atoms with Crippen LogP contribution in [0.1, 0.15) is 23.6 Å². The smallest absolute Gasteiger partial charge is 0.477 e. The van der Waals surface area contributed by atoms with E-state index in [0.717, 1.165) is 5.56 Å². The summed E-state index contributed by atoms with van der Waals surface area (Å²) in [7, 11) is -1.01. The number of aryl methyl sites for hydroxylation is 1. The highest BCUT2D eigenvalue weighted by Crippen LogP contribution is 2.31. The normalized spacial score (nSPS) is 12.7. The first-order chi connectivity index (χ1) is 11.5. The molecule has 0 saturated carbocycles. The molecule has 0 saturated heterocycles. The SMILES string of the molecule is CCOc1nc(Oc2cc(Cl)c3c(c2)COB3O)c(C)cc1C#N. The average Bonchev–Trinajstić information content (AvgIpc) is 2.92. The van der Waals surface area contributed by atoms with Gasteiger partial charge in [-0.3, -0.25) is 0 Å². The molecule has 1 aliphatic rings. The van der Waals surface area contributed by atoms with E-state index in [9.17, 15) is 5.02 Å². The Morgan fingerprint density at radius 1 is 1.42 bits per heavy atom. The fraction of sp³-hybridized carbons (Fsp3) is 0.250. The predicted molar refractivity (Wildman–Crippen MR) is 88.8 cm³/mol. The standard InChI is InChI=1S/C16H14BClN2O4/c1-3-22-16-10(7-19)4-9(2)15(20-16)24-12-5-11-8-23-17(21)14(11)13(18)6-12/h4-6,21H,3,8H2,1-2H3. The third-order valence-electron chi connectivity index (χ3n) is 3.58. The van der Waals surface area contributed by atoms with Crippen molar-refractivity contribution in [2.24, 2.45) is 0 Å². The molecule has 122 valence electrons. The van der Waals surface area contributed by atoms with Gasteiger partial charge in [-0.15, -0.1) is 0 Å². The van der Waals surface area contributed by atoms with Gasteiger partial charge in [0.15, 0.2) is 0 Å². The zero-order chi connectivity index (χ0) is 17.3. The largest absolute Gasteiger partial charge is 0.493 e. The van der Waals surface area contributed by atoms with Gasteiger partial charge >= 0.3 is 7.12 Å². The van der Waals surface area contributed by atoms with Crippen LogP contribution < -0.4 is 14.9 Å². The Hall–Kier alpha value is -2.27. The van der Waals surface area contributed by atoms with Crippen molar-refractivity contribution in [3.05, 3.63) is 39.9 Å². The lowest BCUT2D eigenvalue weighted by Gasteiger charge is -2.12. The lowest BCUT2D eigenvalue weighted by molar-refractivity contribution is 0.275. The van der Waals surface area contributed by atoms with Crippen molar-refractivity contribution in [3.63, 3.8) is 0 Å². The summed E-state index contributed by atoms with van der Waals surface area (Å²) >= 11 is 6.20. The number of aromatic nitrogens is 1. The van der Waals surface area contributed by atoms with Crippen molar-refractivity contribution < 1.29 is 19.2 Å². The summed E-state index contributed by atoms with van der Waals surface area (Å²) in [5.41, 5.74) is 2.37. The minimum absolute atomic E-state index is 0.228. The number of benzene rings is 1. The Morgan fingerprint density at radius 2 is 2.21 bits per heavy atom. The molecule has 0 unspecified atom stereocenters. The van der Waals surface area contributed by atoms with Crippen LogP contribution in [0.5, 0.6) is 17.5 Å². The van der Waals surface area contributed by atoms with E-state index in [1.807, 2.05) is 6.92 Å². The second-order valence-electron chi connectivity index (χ2n) is 5.25. The molecule has 0 aliphatic carbocycles. The van der Waals surface area contributed by atoms with Crippen molar-refractivity contribution in [2.45, 2.75) is 20.5 Å². The van der Waals surface area contributed by atoms with Crippen molar-refractivity contribution >= 4 is 24.2 Å². The molecule has 1 aromatic carbocycles. The molecule has 2 heterocycles. The Bertz CT molecular complexity index is 838. The number of nitrogens with zero attached hydrogens (tertiary/aromatic N) is 2. The Morgan fingerprint density at radius 3 is 2.92 bits per heavy atom.